The fraction of sp³-hybridized carbons (Fsp3) is 0.308. The molecule has 0 aliphatic carbocycles. The number of aryl methyl sites for hydroxylation is 1. The highest BCUT2D eigenvalue weighted by Crippen LogP contribution is 2.09. The highest BCUT2D eigenvalue weighted by molar-refractivity contribution is 7.80. The second-order valence-corrected chi connectivity index (χ2v) is 3.83. The molecule has 0 aliphatic rings. The number of rotatable bonds is 2. The molecule has 0 radical (unpaired) electrons. The first-order chi connectivity index (χ1) is 7.60. The summed E-state index contributed by atoms with van der Waals surface area (Å²) >= 11 is 4.70. The van der Waals surface area contributed by atoms with Crippen LogP contribution in [0.1, 0.15) is 26.3 Å². The Morgan fingerprint density at radius 3 is 2.25 bits per heavy atom. The Kier molecular flexibility index (Phi) is 8.17. The van der Waals surface area contributed by atoms with E-state index >= 15 is 0 Å². The number of phenolic OH excluding ortho intramolecular Hbond substituents is 1. The predicted molar refractivity (Wildman–Crippen MR) is 73.7 cm³/mol. The smallest absolute Gasteiger partial charge is 0.115 e. The van der Waals surface area contributed by atoms with Gasteiger partial charge in [0.1, 0.15) is 5.75 Å². The first-order valence-corrected chi connectivity index (χ1v) is 5.67. The lowest BCUT2D eigenvalue weighted by molar-refractivity contribution is 0.475. The molecule has 0 saturated heterocycles. The van der Waals surface area contributed by atoms with Crippen molar-refractivity contribution in [3.8, 4) is 5.75 Å². The Labute approximate surface area is 103 Å². The average Bonchev–Trinajstić information content (AvgIpc) is 2.28. The Morgan fingerprint density at radius 2 is 1.94 bits per heavy atom. The zero-order valence-corrected chi connectivity index (χ0v) is 10.8. The van der Waals surface area contributed by atoms with Crippen LogP contribution in [0.15, 0.2) is 36.5 Å². The minimum absolute atomic E-state index is 0.340. The molecular weight excluding hydrogens is 218 g/mol. The highest BCUT2D eigenvalue weighted by Gasteiger charge is 1.86. The fourth-order valence-corrected chi connectivity index (χ4v) is 1.00. The number of benzene rings is 1. The second kappa shape index (κ2) is 8.92. The molecule has 0 fully saturated rings. The minimum Gasteiger partial charge on any atom is -0.508 e. The van der Waals surface area contributed by atoms with Crippen LogP contribution >= 0.6 is 12.2 Å². The van der Waals surface area contributed by atoms with Gasteiger partial charge in [-0.15, -0.1) is 0 Å². The van der Waals surface area contributed by atoms with E-state index in [0.29, 0.717) is 5.75 Å². The fourth-order valence-electron chi connectivity index (χ4n) is 0.932. The Morgan fingerprint density at radius 1 is 1.38 bits per heavy atom. The van der Waals surface area contributed by atoms with Crippen LogP contribution in [0.4, 0.5) is 0 Å². The van der Waals surface area contributed by atoms with Crippen LogP contribution in [0.25, 0.3) is 0 Å². The van der Waals surface area contributed by atoms with Crippen LogP contribution in [0, 0.1) is 0 Å². The van der Waals surface area contributed by atoms with E-state index in [-0.39, 0.29) is 0 Å². The van der Waals surface area contributed by atoms with Gasteiger partial charge >= 0.3 is 0 Å². The quantitative estimate of drug-likeness (QED) is 0.773. The van der Waals surface area contributed by atoms with Crippen molar-refractivity contribution < 1.29 is 5.11 Å². The molecule has 1 aromatic carbocycles. The molecule has 0 aromatic heterocycles. The van der Waals surface area contributed by atoms with Crippen molar-refractivity contribution in [2.24, 2.45) is 0 Å². The minimum atomic E-state index is 0.340. The van der Waals surface area contributed by atoms with E-state index in [1.807, 2.05) is 38.3 Å². The van der Waals surface area contributed by atoms with E-state index in [1.54, 1.807) is 12.1 Å². The maximum atomic E-state index is 8.85. The number of aromatic hydroxyl groups is 1. The van der Waals surface area contributed by atoms with Gasteiger partial charge in [0.2, 0.25) is 0 Å². The maximum Gasteiger partial charge on any atom is 0.115 e. The average molecular weight is 237 g/mol. The summed E-state index contributed by atoms with van der Waals surface area (Å²) in [6.45, 7) is 5.87. The van der Waals surface area contributed by atoms with Crippen LogP contribution in [0.5, 0.6) is 5.75 Å². The summed E-state index contributed by atoms with van der Waals surface area (Å²) < 4.78 is 0. The van der Waals surface area contributed by atoms with Crippen LogP contribution in [0.3, 0.4) is 0 Å². The third kappa shape index (κ3) is 8.00. The van der Waals surface area contributed by atoms with Crippen LogP contribution in [-0.4, -0.2) is 10.1 Å². The Balaban J connectivity index is 0.000000293. The van der Waals surface area contributed by atoms with Gasteiger partial charge in [-0.05, 0) is 44.2 Å². The lowest BCUT2D eigenvalue weighted by atomic mass is 10.2. The molecule has 2 N–H and O–H groups in total. The van der Waals surface area contributed by atoms with Gasteiger partial charge < -0.3 is 10.4 Å². The molecule has 2 nitrogen and oxygen atoms in total. The molecule has 3 heteroatoms. The van der Waals surface area contributed by atoms with E-state index < -0.39 is 0 Å². The molecule has 0 bridgehead atoms. The lowest BCUT2D eigenvalue weighted by Crippen LogP contribution is -2.08. The van der Waals surface area contributed by atoms with E-state index in [1.165, 1.54) is 5.56 Å². The van der Waals surface area contributed by atoms with Crippen molar-refractivity contribution >= 4 is 17.2 Å². The SMILES string of the molecule is C/C=C\NC(C)=S.CCc1ccc(O)cc1. The summed E-state index contributed by atoms with van der Waals surface area (Å²) in [6, 6.07) is 7.27. The van der Waals surface area contributed by atoms with Gasteiger partial charge in [-0.3, -0.25) is 0 Å². The van der Waals surface area contributed by atoms with Gasteiger partial charge in [0.15, 0.2) is 0 Å². The molecule has 16 heavy (non-hydrogen) atoms. The number of thiocarbonyl (C=S) groups is 1. The summed E-state index contributed by atoms with van der Waals surface area (Å²) in [7, 11) is 0. The number of hydrogen-bond acceptors (Lipinski definition) is 2. The van der Waals surface area contributed by atoms with Crippen LogP contribution in [0.2, 0.25) is 0 Å². The predicted octanol–water partition coefficient (Wildman–Crippen LogP) is 3.41. The number of phenols is 1. The summed E-state index contributed by atoms with van der Waals surface area (Å²) in [6.07, 6.45) is 4.73. The number of allylic oxidation sites excluding steroid dienone is 1. The van der Waals surface area contributed by atoms with E-state index in [2.05, 4.69) is 12.2 Å². The zero-order valence-electron chi connectivity index (χ0n) is 10.0. The molecule has 88 valence electrons. The first-order valence-electron chi connectivity index (χ1n) is 5.26. The van der Waals surface area contributed by atoms with Crippen molar-refractivity contribution in [1.29, 1.82) is 0 Å². The zero-order chi connectivity index (χ0) is 12.4. The van der Waals surface area contributed by atoms with Crippen molar-refractivity contribution in [3.05, 3.63) is 42.1 Å². The van der Waals surface area contributed by atoms with Crippen LogP contribution < -0.4 is 5.32 Å². The van der Waals surface area contributed by atoms with Crippen molar-refractivity contribution in [2.75, 3.05) is 0 Å². The largest absolute Gasteiger partial charge is 0.508 e. The third-order valence-corrected chi connectivity index (χ3v) is 1.92. The van der Waals surface area contributed by atoms with E-state index in [9.17, 15) is 0 Å². The summed E-state index contributed by atoms with van der Waals surface area (Å²) in [5.41, 5.74) is 1.26. The van der Waals surface area contributed by atoms with E-state index in [4.69, 9.17) is 17.3 Å². The first kappa shape index (κ1) is 14.6. The van der Waals surface area contributed by atoms with Gasteiger partial charge in [-0.25, -0.2) is 0 Å². The number of hydrogen-bond donors (Lipinski definition) is 2. The van der Waals surface area contributed by atoms with Gasteiger partial charge in [0, 0.05) is 0 Å². The Hall–Kier alpha value is -1.35. The monoisotopic (exact) mass is 237 g/mol. The standard InChI is InChI=1S/C8H10O.C5H9NS/c1-2-7-3-5-8(9)6-4-7;1-3-4-6-5(2)7/h3-6,9H,2H2,1H3;3-4H,1-2H3,(H,6,7)/b;4-3-. The highest BCUT2D eigenvalue weighted by atomic mass is 32.1. The maximum absolute atomic E-state index is 8.85. The molecule has 0 spiro atoms. The van der Waals surface area contributed by atoms with Gasteiger partial charge in [0.25, 0.3) is 0 Å². The van der Waals surface area contributed by atoms with Crippen LogP contribution in [-0.2, 0) is 6.42 Å². The summed E-state index contributed by atoms with van der Waals surface area (Å²) in [5, 5.41) is 11.7. The molecule has 0 unspecified atom stereocenters. The molecule has 1 aromatic rings. The van der Waals surface area contributed by atoms with Crippen molar-refractivity contribution in [2.45, 2.75) is 27.2 Å². The van der Waals surface area contributed by atoms with Gasteiger partial charge in [-0.2, -0.15) is 0 Å². The topological polar surface area (TPSA) is 32.3 Å². The molecule has 0 atom stereocenters. The molecular formula is C13H19NOS. The molecule has 0 aliphatic heterocycles. The lowest BCUT2D eigenvalue weighted by Gasteiger charge is -1.93. The summed E-state index contributed by atoms with van der Waals surface area (Å²) in [4.78, 5) is 0.804. The summed E-state index contributed by atoms with van der Waals surface area (Å²) in [5.74, 6) is 0.340. The van der Waals surface area contributed by atoms with Gasteiger partial charge in [-0.1, -0.05) is 37.4 Å². The molecule has 0 saturated carbocycles. The third-order valence-electron chi connectivity index (χ3n) is 1.80. The Bertz CT molecular complexity index is 330. The van der Waals surface area contributed by atoms with Gasteiger partial charge in [0.05, 0.1) is 4.99 Å². The molecule has 1 rings (SSSR count). The normalized spacial score (nSPS) is 9.44. The van der Waals surface area contributed by atoms with Crippen molar-refractivity contribution in [1.82, 2.24) is 5.32 Å². The van der Waals surface area contributed by atoms with Crippen molar-refractivity contribution in [3.63, 3.8) is 0 Å². The molecule has 0 heterocycles. The molecule has 0 amide bonds. The van der Waals surface area contributed by atoms with E-state index in [0.717, 1.165) is 11.4 Å². The second-order valence-electron chi connectivity index (χ2n) is 3.22. The number of nitrogens with one attached hydrogen (secondary N) is 1.